The number of ether oxygens (including phenoxy) is 1. The summed E-state index contributed by atoms with van der Waals surface area (Å²) < 4.78 is 7.06. The second kappa shape index (κ2) is 8.47. The Balaban J connectivity index is 1.40. The van der Waals surface area contributed by atoms with Crippen LogP contribution in [0.25, 0.3) is 16.6 Å². The quantitative estimate of drug-likeness (QED) is 0.460. The van der Waals surface area contributed by atoms with Gasteiger partial charge in [-0.2, -0.15) is 5.10 Å². The second-order valence-electron chi connectivity index (χ2n) is 7.46. The number of esters is 1. The fourth-order valence-electron chi connectivity index (χ4n) is 3.66. The van der Waals surface area contributed by atoms with Crippen LogP contribution in [0.4, 0.5) is 5.69 Å². The number of H-pyrrole nitrogens is 1. The zero-order chi connectivity index (χ0) is 22.0. The molecule has 31 heavy (non-hydrogen) atoms. The van der Waals surface area contributed by atoms with E-state index in [9.17, 15) is 9.59 Å². The van der Waals surface area contributed by atoms with Crippen LogP contribution in [0.3, 0.4) is 0 Å². The SMILES string of the molecule is Cc1nn(-c2ccccc2)c(C)c1NC(=O)COC(=O)C(C)c1c[nH]c2ccccc12. The highest BCUT2D eigenvalue weighted by molar-refractivity contribution is 5.95. The summed E-state index contributed by atoms with van der Waals surface area (Å²) in [6.07, 6.45) is 1.81. The summed E-state index contributed by atoms with van der Waals surface area (Å²) in [7, 11) is 0. The van der Waals surface area contributed by atoms with Crippen molar-refractivity contribution in [3.8, 4) is 5.69 Å². The summed E-state index contributed by atoms with van der Waals surface area (Å²) in [5.41, 5.74) is 4.81. The second-order valence-corrected chi connectivity index (χ2v) is 7.46. The van der Waals surface area contributed by atoms with E-state index < -0.39 is 17.8 Å². The van der Waals surface area contributed by atoms with Gasteiger partial charge in [-0.3, -0.25) is 9.59 Å². The Morgan fingerprint density at radius 1 is 1.10 bits per heavy atom. The molecule has 158 valence electrons. The van der Waals surface area contributed by atoms with Crippen molar-refractivity contribution in [1.82, 2.24) is 14.8 Å². The van der Waals surface area contributed by atoms with Crippen LogP contribution in [0.15, 0.2) is 60.8 Å². The van der Waals surface area contributed by atoms with Crippen molar-refractivity contribution >= 4 is 28.5 Å². The Hall–Kier alpha value is -3.87. The number of nitrogens with zero attached hydrogens (tertiary/aromatic N) is 2. The Kier molecular flexibility index (Phi) is 5.58. The number of hydrogen-bond acceptors (Lipinski definition) is 4. The van der Waals surface area contributed by atoms with E-state index in [-0.39, 0.29) is 6.61 Å². The van der Waals surface area contributed by atoms with Crippen LogP contribution in [-0.2, 0) is 14.3 Å². The highest BCUT2D eigenvalue weighted by Gasteiger charge is 2.22. The molecule has 0 spiro atoms. The van der Waals surface area contributed by atoms with Crippen LogP contribution < -0.4 is 5.32 Å². The maximum atomic E-state index is 12.5. The summed E-state index contributed by atoms with van der Waals surface area (Å²) in [5, 5.41) is 8.30. The molecule has 2 N–H and O–H groups in total. The molecule has 0 radical (unpaired) electrons. The zero-order valence-electron chi connectivity index (χ0n) is 17.7. The standard InChI is InChI=1S/C24H24N4O3/c1-15(20-13-25-21-12-8-7-11-19(20)21)24(30)31-14-22(29)26-23-16(2)27-28(17(23)3)18-9-5-4-6-10-18/h4-13,15,25H,14H2,1-3H3,(H,26,29). The molecule has 1 amide bonds. The average molecular weight is 416 g/mol. The number of aromatic nitrogens is 3. The number of carbonyl (C=O) groups excluding carboxylic acids is 2. The van der Waals surface area contributed by atoms with E-state index in [4.69, 9.17) is 4.74 Å². The molecule has 1 unspecified atom stereocenters. The largest absolute Gasteiger partial charge is 0.455 e. The third-order valence-corrected chi connectivity index (χ3v) is 5.34. The number of hydrogen-bond donors (Lipinski definition) is 2. The number of rotatable bonds is 6. The molecule has 7 nitrogen and oxygen atoms in total. The lowest BCUT2D eigenvalue weighted by atomic mass is 10.0. The van der Waals surface area contributed by atoms with Crippen molar-refractivity contribution < 1.29 is 14.3 Å². The lowest BCUT2D eigenvalue weighted by molar-refractivity contribution is -0.148. The molecule has 2 aromatic heterocycles. The topological polar surface area (TPSA) is 89.0 Å². The summed E-state index contributed by atoms with van der Waals surface area (Å²) in [6.45, 7) is 5.12. The van der Waals surface area contributed by atoms with E-state index >= 15 is 0 Å². The molecular weight excluding hydrogens is 392 g/mol. The predicted molar refractivity (Wildman–Crippen MR) is 119 cm³/mol. The number of benzene rings is 2. The first-order chi connectivity index (χ1) is 15.0. The fourth-order valence-corrected chi connectivity index (χ4v) is 3.66. The number of aryl methyl sites for hydroxylation is 1. The van der Waals surface area contributed by atoms with E-state index in [0.717, 1.165) is 27.8 Å². The van der Waals surface area contributed by atoms with Gasteiger partial charge in [0.15, 0.2) is 6.61 Å². The predicted octanol–water partition coefficient (Wildman–Crippen LogP) is 4.26. The van der Waals surface area contributed by atoms with Gasteiger partial charge in [0.1, 0.15) is 0 Å². The molecule has 0 saturated heterocycles. The van der Waals surface area contributed by atoms with Crippen LogP contribution in [0.5, 0.6) is 0 Å². The van der Waals surface area contributed by atoms with Gasteiger partial charge < -0.3 is 15.0 Å². The van der Waals surface area contributed by atoms with E-state index in [1.807, 2.05) is 68.4 Å². The molecule has 7 heteroatoms. The van der Waals surface area contributed by atoms with Gasteiger partial charge in [-0.15, -0.1) is 0 Å². The molecule has 4 rings (SSSR count). The summed E-state index contributed by atoms with van der Waals surface area (Å²) in [5.74, 6) is -1.35. The maximum Gasteiger partial charge on any atom is 0.313 e. The zero-order valence-corrected chi connectivity index (χ0v) is 17.7. The Labute approximate surface area is 180 Å². The fraction of sp³-hybridized carbons (Fsp3) is 0.208. The Morgan fingerprint density at radius 3 is 2.58 bits per heavy atom. The number of amides is 1. The van der Waals surface area contributed by atoms with Gasteiger partial charge in [-0.05, 0) is 44.5 Å². The third kappa shape index (κ3) is 4.07. The number of carbonyl (C=O) groups is 2. The number of para-hydroxylation sites is 2. The van der Waals surface area contributed by atoms with Gasteiger partial charge in [0.05, 0.1) is 28.7 Å². The number of nitrogens with one attached hydrogen (secondary N) is 2. The van der Waals surface area contributed by atoms with Gasteiger partial charge in [0.2, 0.25) is 0 Å². The van der Waals surface area contributed by atoms with E-state index in [0.29, 0.717) is 11.4 Å². The summed E-state index contributed by atoms with van der Waals surface area (Å²) in [4.78, 5) is 28.1. The lowest BCUT2D eigenvalue weighted by Crippen LogP contribution is -2.23. The van der Waals surface area contributed by atoms with Crippen molar-refractivity contribution in [3.05, 3.63) is 77.7 Å². The first-order valence-corrected chi connectivity index (χ1v) is 10.1. The van der Waals surface area contributed by atoms with Crippen molar-refractivity contribution in [1.29, 1.82) is 0 Å². The third-order valence-electron chi connectivity index (χ3n) is 5.34. The molecule has 0 fully saturated rings. The highest BCUT2D eigenvalue weighted by Crippen LogP contribution is 2.26. The highest BCUT2D eigenvalue weighted by atomic mass is 16.5. The molecule has 2 aromatic carbocycles. The molecule has 1 atom stereocenters. The van der Waals surface area contributed by atoms with Gasteiger partial charge in [-0.1, -0.05) is 36.4 Å². The van der Waals surface area contributed by atoms with Crippen LogP contribution in [0.2, 0.25) is 0 Å². The number of anilines is 1. The number of aromatic amines is 1. The molecule has 0 aliphatic heterocycles. The Bertz CT molecular complexity index is 1240. The minimum absolute atomic E-state index is 0.360. The van der Waals surface area contributed by atoms with Gasteiger partial charge in [0.25, 0.3) is 5.91 Å². The van der Waals surface area contributed by atoms with Crippen LogP contribution in [0, 0.1) is 13.8 Å². The van der Waals surface area contributed by atoms with E-state index in [1.165, 1.54) is 0 Å². The average Bonchev–Trinajstić information content (AvgIpc) is 3.34. The van der Waals surface area contributed by atoms with Crippen LogP contribution >= 0.6 is 0 Å². The maximum absolute atomic E-state index is 12.5. The van der Waals surface area contributed by atoms with E-state index in [2.05, 4.69) is 15.4 Å². The van der Waals surface area contributed by atoms with Crippen molar-refractivity contribution in [2.75, 3.05) is 11.9 Å². The lowest BCUT2D eigenvalue weighted by Gasteiger charge is -2.11. The van der Waals surface area contributed by atoms with Crippen LogP contribution in [-0.4, -0.2) is 33.2 Å². The molecule has 2 heterocycles. The monoisotopic (exact) mass is 416 g/mol. The first-order valence-electron chi connectivity index (χ1n) is 10.1. The summed E-state index contributed by atoms with van der Waals surface area (Å²) >= 11 is 0. The minimum Gasteiger partial charge on any atom is -0.455 e. The Morgan fingerprint density at radius 2 is 1.81 bits per heavy atom. The molecule has 4 aromatic rings. The minimum atomic E-state index is -0.492. The van der Waals surface area contributed by atoms with Crippen LogP contribution in [0.1, 0.15) is 29.8 Å². The van der Waals surface area contributed by atoms with Crippen molar-refractivity contribution in [2.24, 2.45) is 0 Å². The van der Waals surface area contributed by atoms with Crippen molar-refractivity contribution in [3.63, 3.8) is 0 Å². The van der Waals surface area contributed by atoms with Crippen molar-refractivity contribution in [2.45, 2.75) is 26.7 Å². The van der Waals surface area contributed by atoms with E-state index in [1.54, 1.807) is 17.8 Å². The molecule has 0 aliphatic carbocycles. The molecule has 0 aliphatic rings. The summed E-state index contributed by atoms with van der Waals surface area (Å²) in [6, 6.07) is 17.4. The van der Waals surface area contributed by atoms with Gasteiger partial charge >= 0.3 is 5.97 Å². The van der Waals surface area contributed by atoms with Gasteiger partial charge in [0, 0.05) is 17.1 Å². The number of fused-ring (bicyclic) bond motifs is 1. The molecule has 0 saturated carbocycles. The smallest absolute Gasteiger partial charge is 0.313 e. The normalized spacial score (nSPS) is 12.0. The van der Waals surface area contributed by atoms with Gasteiger partial charge in [-0.25, -0.2) is 4.68 Å². The first kappa shape index (κ1) is 20.4. The molecule has 0 bridgehead atoms. The molecular formula is C24H24N4O3.